The highest BCUT2D eigenvalue weighted by Crippen LogP contribution is 2.31. The molecule has 7 nitrogen and oxygen atoms in total. The highest BCUT2D eigenvalue weighted by atomic mass is 16.2. The zero-order chi connectivity index (χ0) is 18.2. The Morgan fingerprint density at radius 3 is 2.44 bits per heavy atom. The van der Waals surface area contributed by atoms with Gasteiger partial charge in [-0.2, -0.15) is 0 Å². The van der Waals surface area contributed by atoms with Crippen molar-refractivity contribution in [1.82, 2.24) is 24.7 Å². The van der Waals surface area contributed by atoms with Gasteiger partial charge in [0.15, 0.2) is 0 Å². The topological polar surface area (TPSA) is 55.8 Å². The first-order chi connectivity index (χ1) is 11.8. The zero-order valence-electron chi connectivity index (χ0n) is 16.1. The summed E-state index contributed by atoms with van der Waals surface area (Å²) in [6.07, 6.45) is 3.90. The van der Waals surface area contributed by atoms with Crippen LogP contribution in [0, 0.1) is 6.92 Å². The summed E-state index contributed by atoms with van der Waals surface area (Å²) < 4.78 is 0. The second kappa shape index (κ2) is 6.88. The first-order valence-corrected chi connectivity index (χ1v) is 9.02. The minimum atomic E-state index is 0.0641. The smallest absolute Gasteiger partial charge is 0.257 e. The SMILES string of the molecule is Cc1nc(N(C)C)ncc1C(=O)N1CCN(C)C2(CCN(C)CC2)C1. The summed E-state index contributed by atoms with van der Waals surface area (Å²) >= 11 is 0. The summed E-state index contributed by atoms with van der Waals surface area (Å²) in [6.45, 7) is 6.55. The summed E-state index contributed by atoms with van der Waals surface area (Å²) in [6, 6.07) is 0. The molecule has 3 heterocycles. The fraction of sp³-hybridized carbons (Fsp3) is 0.722. The summed E-state index contributed by atoms with van der Waals surface area (Å²) in [5.41, 5.74) is 1.48. The molecule has 0 aromatic carbocycles. The van der Waals surface area contributed by atoms with E-state index in [1.54, 1.807) is 6.20 Å². The van der Waals surface area contributed by atoms with Gasteiger partial charge in [-0.05, 0) is 47.0 Å². The van der Waals surface area contributed by atoms with E-state index in [1.165, 1.54) is 0 Å². The predicted molar refractivity (Wildman–Crippen MR) is 99.1 cm³/mol. The van der Waals surface area contributed by atoms with Crippen LogP contribution in [-0.2, 0) is 0 Å². The zero-order valence-corrected chi connectivity index (χ0v) is 16.1. The van der Waals surface area contributed by atoms with Crippen LogP contribution in [0.25, 0.3) is 0 Å². The van der Waals surface area contributed by atoms with Gasteiger partial charge in [0.1, 0.15) is 0 Å². The molecule has 0 radical (unpaired) electrons. The maximum Gasteiger partial charge on any atom is 0.257 e. The Morgan fingerprint density at radius 1 is 1.16 bits per heavy atom. The molecule has 0 unspecified atom stereocenters. The van der Waals surface area contributed by atoms with E-state index in [1.807, 2.05) is 30.8 Å². The van der Waals surface area contributed by atoms with Crippen molar-refractivity contribution >= 4 is 11.9 Å². The van der Waals surface area contributed by atoms with Crippen LogP contribution in [0.3, 0.4) is 0 Å². The van der Waals surface area contributed by atoms with Gasteiger partial charge in [0, 0.05) is 45.5 Å². The Kier molecular flexibility index (Phi) is 4.97. The number of hydrogen-bond donors (Lipinski definition) is 0. The molecule has 138 valence electrons. The minimum absolute atomic E-state index is 0.0641. The molecule has 1 aromatic rings. The van der Waals surface area contributed by atoms with Crippen molar-refractivity contribution in [3.05, 3.63) is 17.5 Å². The molecule has 7 heteroatoms. The molecule has 0 N–H and O–H groups in total. The molecular weight excluding hydrogens is 316 g/mol. The molecule has 0 atom stereocenters. The van der Waals surface area contributed by atoms with Crippen LogP contribution in [0.1, 0.15) is 28.9 Å². The number of piperidine rings is 1. The van der Waals surface area contributed by atoms with Crippen LogP contribution in [0.4, 0.5) is 5.95 Å². The van der Waals surface area contributed by atoms with Crippen molar-refractivity contribution in [1.29, 1.82) is 0 Å². The van der Waals surface area contributed by atoms with Gasteiger partial charge in [-0.25, -0.2) is 9.97 Å². The number of rotatable bonds is 2. The number of likely N-dealkylation sites (tertiary alicyclic amines) is 1. The molecule has 3 rings (SSSR count). The molecular formula is C18H30N6O. The number of aryl methyl sites for hydroxylation is 1. The maximum absolute atomic E-state index is 13.1. The Labute approximate surface area is 150 Å². The molecule has 1 amide bonds. The molecule has 2 fully saturated rings. The summed E-state index contributed by atoms with van der Waals surface area (Å²) in [5.74, 6) is 0.702. The van der Waals surface area contributed by atoms with Crippen LogP contribution in [0.2, 0.25) is 0 Å². The highest BCUT2D eigenvalue weighted by molar-refractivity contribution is 5.95. The van der Waals surface area contributed by atoms with E-state index >= 15 is 0 Å². The van der Waals surface area contributed by atoms with Crippen LogP contribution >= 0.6 is 0 Å². The van der Waals surface area contributed by atoms with Gasteiger partial charge >= 0.3 is 0 Å². The third-order valence-corrected chi connectivity index (χ3v) is 5.80. The second-order valence-electron chi connectivity index (χ2n) is 7.74. The molecule has 0 bridgehead atoms. The van der Waals surface area contributed by atoms with E-state index in [0.29, 0.717) is 11.5 Å². The van der Waals surface area contributed by atoms with Crippen LogP contribution in [0.15, 0.2) is 6.20 Å². The van der Waals surface area contributed by atoms with Crippen molar-refractivity contribution < 1.29 is 4.79 Å². The first kappa shape index (κ1) is 18.1. The average molecular weight is 346 g/mol. The Morgan fingerprint density at radius 2 is 1.84 bits per heavy atom. The molecule has 0 aliphatic carbocycles. The summed E-state index contributed by atoms with van der Waals surface area (Å²) in [4.78, 5) is 30.6. The van der Waals surface area contributed by atoms with E-state index in [9.17, 15) is 4.79 Å². The lowest BCUT2D eigenvalue weighted by Gasteiger charge is -2.52. The lowest BCUT2D eigenvalue weighted by Crippen LogP contribution is -2.65. The van der Waals surface area contributed by atoms with Gasteiger partial charge in [0.2, 0.25) is 5.95 Å². The monoisotopic (exact) mass is 346 g/mol. The molecule has 2 aliphatic rings. The standard InChI is InChI=1S/C18H30N6O/c1-14-15(12-19-17(20-14)21(2)3)16(25)24-11-10-23(5)18(13-24)6-8-22(4)9-7-18/h12H,6-11,13H2,1-5H3. The molecule has 2 aliphatic heterocycles. The fourth-order valence-electron chi connectivity index (χ4n) is 3.86. The third-order valence-electron chi connectivity index (χ3n) is 5.80. The Hall–Kier alpha value is -1.73. The normalized spacial score (nSPS) is 21.6. The van der Waals surface area contributed by atoms with Crippen LogP contribution in [0.5, 0.6) is 0 Å². The van der Waals surface area contributed by atoms with Crippen LogP contribution in [-0.4, -0.2) is 97.0 Å². The van der Waals surface area contributed by atoms with Crippen molar-refractivity contribution in [2.75, 3.05) is 65.8 Å². The fourth-order valence-corrected chi connectivity index (χ4v) is 3.86. The lowest BCUT2D eigenvalue weighted by molar-refractivity contribution is -0.0170. The number of piperazine rings is 1. The predicted octanol–water partition coefficient (Wildman–Crippen LogP) is 0.703. The maximum atomic E-state index is 13.1. The molecule has 2 saturated heterocycles. The van der Waals surface area contributed by atoms with E-state index in [4.69, 9.17) is 0 Å². The number of nitrogens with zero attached hydrogens (tertiary/aromatic N) is 6. The van der Waals surface area contributed by atoms with Crippen molar-refractivity contribution in [3.63, 3.8) is 0 Å². The van der Waals surface area contributed by atoms with Gasteiger partial charge in [0.25, 0.3) is 5.91 Å². The molecule has 0 saturated carbocycles. The molecule has 1 aromatic heterocycles. The van der Waals surface area contributed by atoms with E-state index in [0.717, 1.165) is 51.3 Å². The number of anilines is 1. The van der Waals surface area contributed by atoms with Gasteiger partial charge in [-0.15, -0.1) is 0 Å². The molecule has 25 heavy (non-hydrogen) atoms. The Balaban J connectivity index is 1.78. The number of aromatic nitrogens is 2. The minimum Gasteiger partial charge on any atom is -0.347 e. The third kappa shape index (κ3) is 3.48. The van der Waals surface area contributed by atoms with Crippen molar-refractivity contribution in [2.45, 2.75) is 25.3 Å². The molecule has 1 spiro atoms. The van der Waals surface area contributed by atoms with Gasteiger partial charge in [-0.1, -0.05) is 0 Å². The van der Waals surface area contributed by atoms with E-state index < -0.39 is 0 Å². The number of carbonyl (C=O) groups is 1. The van der Waals surface area contributed by atoms with Gasteiger partial charge in [-0.3, -0.25) is 9.69 Å². The number of likely N-dealkylation sites (N-methyl/N-ethyl adjacent to an activating group) is 1. The van der Waals surface area contributed by atoms with Crippen LogP contribution < -0.4 is 4.90 Å². The number of amides is 1. The first-order valence-electron chi connectivity index (χ1n) is 9.02. The van der Waals surface area contributed by atoms with Gasteiger partial charge in [0.05, 0.1) is 11.3 Å². The Bertz CT molecular complexity index is 638. The second-order valence-corrected chi connectivity index (χ2v) is 7.74. The number of carbonyl (C=O) groups excluding carboxylic acids is 1. The summed E-state index contributed by atoms with van der Waals surface area (Å²) in [5, 5.41) is 0. The largest absolute Gasteiger partial charge is 0.347 e. The van der Waals surface area contributed by atoms with E-state index in [2.05, 4.69) is 33.9 Å². The summed E-state index contributed by atoms with van der Waals surface area (Å²) in [7, 11) is 8.18. The number of hydrogen-bond acceptors (Lipinski definition) is 6. The highest BCUT2D eigenvalue weighted by Gasteiger charge is 2.43. The van der Waals surface area contributed by atoms with Crippen molar-refractivity contribution in [3.8, 4) is 0 Å². The quantitative estimate of drug-likeness (QED) is 0.786. The van der Waals surface area contributed by atoms with Gasteiger partial charge < -0.3 is 14.7 Å². The van der Waals surface area contributed by atoms with E-state index in [-0.39, 0.29) is 11.4 Å². The lowest BCUT2D eigenvalue weighted by atomic mass is 9.83. The average Bonchev–Trinajstić information content (AvgIpc) is 2.59. The van der Waals surface area contributed by atoms with Crippen molar-refractivity contribution in [2.24, 2.45) is 0 Å².